The number of amides is 3. The van der Waals surface area contributed by atoms with E-state index in [9.17, 15) is 9.59 Å². The van der Waals surface area contributed by atoms with E-state index >= 15 is 0 Å². The minimum atomic E-state index is -0.285. The van der Waals surface area contributed by atoms with E-state index in [-0.39, 0.29) is 30.3 Å². The van der Waals surface area contributed by atoms with Crippen LogP contribution in [0.1, 0.15) is 46.6 Å². The van der Waals surface area contributed by atoms with Gasteiger partial charge in [0.05, 0.1) is 12.6 Å². The molecule has 2 aromatic heterocycles. The molecule has 0 aromatic carbocycles. The van der Waals surface area contributed by atoms with Crippen molar-refractivity contribution in [3.05, 3.63) is 40.2 Å². The summed E-state index contributed by atoms with van der Waals surface area (Å²) in [6.07, 6.45) is 4.80. The van der Waals surface area contributed by atoms with Crippen molar-refractivity contribution in [1.82, 2.24) is 20.5 Å². The lowest BCUT2D eigenvalue weighted by molar-refractivity contribution is 0.0933. The molecular formula is C16H20N4O3S. The molecule has 7 nitrogen and oxygen atoms in total. The fourth-order valence-corrected chi connectivity index (χ4v) is 3.60. The lowest BCUT2D eigenvalue weighted by Gasteiger charge is -2.34. The Morgan fingerprint density at radius 3 is 3.04 bits per heavy atom. The van der Waals surface area contributed by atoms with Gasteiger partial charge in [0.2, 0.25) is 0 Å². The maximum atomic E-state index is 12.5. The Hall–Kier alpha value is -2.35. The second-order valence-electron chi connectivity index (χ2n) is 5.58. The zero-order valence-corrected chi connectivity index (χ0v) is 14.3. The van der Waals surface area contributed by atoms with Crippen molar-refractivity contribution in [3.8, 4) is 0 Å². The molecule has 1 aliphatic rings. The van der Waals surface area contributed by atoms with Gasteiger partial charge >= 0.3 is 6.03 Å². The van der Waals surface area contributed by atoms with Crippen LogP contribution >= 0.6 is 11.3 Å². The molecule has 2 N–H and O–H groups in total. The van der Waals surface area contributed by atoms with E-state index in [2.05, 4.69) is 15.6 Å². The summed E-state index contributed by atoms with van der Waals surface area (Å²) < 4.78 is 5.42. The molecule has 3 amide bonds. The summed E-state index contributed by atoms with van der Waals surface area (Å²) >= 11 is 1.58. The summed E-state index contributed by atoms with van der Waals surface area (Å²) in [5.74, 6) is 0.498. The monoisotopic (exact) mass is 348 g/mol. The van der Waals surface area contributed by atoms with Gasteiger partial charge in [0, 0.05) is 25.2 Å². The highest BCUT2D eigenvalue weighted by atomic mass is 32.1. The normalized spacial score (nSPS) is 17.5. The third kappa shape index (κ3) is 3.59. The number of thiazole rings is 1. The van der Waals surface area contributed by atoms with Gasteiger partial charge in [-0.15, -0.1) is 11.3 Å². The molecule has 3 rings (SSSR count). The molecular weight excluding hydrogens is 328 g/mol. The number of carbonyl (C=O) groups is 2. The van der Waals surface area contributed by atoms with Crippen molar-refractivity contribution >= 4 is 23.3 Å². The number of piperidine rings is 1. The lowest BCUT2D eigenvalue weighted by Crippen LogP contribution is -2.44. The number of hydrogen-bond donors (Lipinski definition) is 2. The van der Waals surface area contributed by atoms with E-state index in [1.165, 1.54) is 0 Å². The fraction of sp³-hybridized carbons (Fsp3) is 0.438. The summed E-state index contributed by atoms with van der Waals surface area (Å²) in [5.41, 5.74) is 0. The van der Waals surface area contributed by atoms with Crippen molar-refractivity contribution in [2.24, 2.45) is 0 Å². The lowest BCUT2D eigenvalue weighted by atomic mass is 10.0. The first kappa shape index (κ1) is 16.5. The Morgan fingerprint density at radius 2 is 2.29 bits per heavy atom. The Labute approximate surface area is 144 Å². The molecule has 8 heteroatoms. The molecule has 128 valence electrons. The molecule has 0 unspecified atom stereocenters. The summed E-state index contributed by atoms with van der Waals surface area (Å²) in [4.78, 5) is 30.2. The minimum Gasteiger partial charge on any atom is -0.454 e. The predicted octanol–water partition coefficient (Wildman–Crippen LogP) is 2.53. The van der Waals surface area contributed by atoms with Gasteiger partial charge in [-0.05, 0) is 31.4 Å². The predicted molar refractivity (Wildman–Crippen MR) is 89.7 cm³/mol. The van der Waals surface area contributed by atoms with Crippen LogP contribution in [0.25, 0.3) is 0 Å². The minimum absolute atomic E-state index is 0.0387. The van der Waals surface area contributed by atoms with Crippen LogP contribution in [0.4, 0.5) is 4.79 Å². The van der Waals surface area contributed by atoms with E-state index in [0.717, 1.165) is 30.8 Å². The van der Waals surface area contributed by atoms with Crippen molar-refractivity contribution in [3.63, 3.8) is 0 Å². The fourth-order valence-electron chi connectivity index (χ4n) is 2.81. The Balaban J connectivity index is 1.61. The molecule has 2 aromatic rings. The Morgan fingerprint density at radius 1 is 1.42 bits per heavy atom. The zero-order chi connectivity index (χ0) is 16.9. The highest BCUT2D eigenvalue weighted by Crippen LogP contribution is 2.31. The molecule has 1 saturated heterocycles. The van der Waals surface area contributed by atoms with Gasteiger partial charge in [-0.25, -0.2) is 9.78 Å². The maximum Gasteiger partial charge on any atom is 0.318 e. The molecule has 0 radical (unpaired) electrons. The van der Waals surface area contributed by atoms with Gasteiger partial charge in [-0.2, -0.15) is 0 Å². The first-order valence-electron chi connectivity index (χ1n) is 7.93. The summed E-state index contributed by atoms with van der Waals surface area (Å²) in [6, 6.07) is 3.20. The third-order valence-electron chi connectivity index (χ3n) is 4.03. The maximum absolute atomic E-state index is 12.5. The molecule has 0 bridgehead atoms. The number of rotatable bonds is 4. The number of carbonyl (C=O) groups excluding carboxylic acids is 2. The van der Waals surface area contributed by atoms with Gasteiger partial charge in [0.15, 0.2) is 5.76 Å². The molecule has 1 aliphatic heterocycles. The van der Waals surface area contributed by atoms with Crippen molar-refractivity contribution in [1.29, 1.82) is 0 Å². The highest BCUT2D eigenvalue weighted by Gasteiger charge is 2.29. The molecule has 0 aliphatic carbocycles. The standard InChI is InChI=1S/C16H20N4O3S/c1-17-14(21)13-6-5-11(23-13)10-19-16(22)20-8-3-2-4-12(20)15-18-7-9-24-15/h5-7,9,12H,2-4,8,10H2,1H3,(H,17,21)(H,19,22)/t12-/m0/s1. The van der Waals surface area contributed by atoms with Crippen LogP contribution in [0.3, 0.4) is 0 Å². The second-order valence-corrected chi connectivity index (χ2v) is 6.51. The number of hydrogen-bond acceptors (Lipinski definition) is 5. The van der Waals surface area contributed by atoms with E-state index in [1.54, 1.807) is 36.7 Å². The number of nitrogens with zero attached hydrogens (tertiary/aromatic N) is 2. The summed E-state index contributed by atoms with van der Waals surface area (Å²) in [7, 11) is 1.54. The quantitative estimate of drug-likeness (QED) is 0.889. The van der Waals surface area contributed by atoms with E-state index in [0.29, 0.717) is 5.76 Å². The van der Waals surface area contributed by atoms with Gasteiger partial charge in [0.1, 0.15) is 10.8 Å². The second kappa shape index (κ2) is 7.48. The first-order valence-corrected chi connectivity index (χ1v) is 8.81. The van der Waals surface area contributed by atoms with E-state index < -0.39 is 0 Å². The van der Waals surface area contributed by atoms with Gasteiger partial charge in [-0.1, -0.05) is 0 Å². The molecule has 3 heterocycles. The number of aromatic nitrogens is 1. The van der Waals surface area contributed by atoms with Crippen molar-refractivity contribution < 1.29 is 14.0 Å². The molecule has 0 saturated carbocycles. The molecule has 1 fully saturated rings. The summed E-state index contributed by atoms with van der Waals surface area (Å²) in [5, 5.41) is 8.28. The van der Waals surface area contributed by atoms with Crippen molar-refractivity contribution in [2.75, 3.05) is 13.6 Å². The Kier molecular flexibility index (Phi) is 5.14. The van der Waals surface area contributed by atoms with Crippen LogP contribution < -0.4 is 10.6 Å². The first-order chi connectivity index (χ1) is 11.7. The third-order valence-corrected chi connectivity index (χ3v) is 4.90. The van der Waals surface area contributed by atoms with Gasteiger partial charge in [0.25, 0.3) is 5.91 Å². The average molecular weight is 348 g/mol. The van der Waals surface area contributed by atoms with Gasteiger partial charge in [-0.3, -0.25) is 4.79 Å². The average Bonchev–Trinajstić information content (AvgIpc) is 3.30. The van der Waals surface area contributed by atoms with Gasteiger partial charge < -0.3 is 20.0 Å². The van der Waals surface area contributed by atoms with Crippen molar-refractivity contribution in [2.45, 2.75) is 31.8 Å². The highest BCUT2D eigenvalue weighted by molar-refractivity contribution is 7.09. The Bertz CT molecular complexity index is 698. The number of furan rings is 1. The number of nitrogens with one attached hydrogen (secondary N) is 2. The van der Waals surface area contributed by atoms with Crippen LogP contribution in [0.15, 0.2) is 28.1 Å². The van der Waals surface area contributed by atoms with Crippen LogP contribution in [0, 0.1) is 0 Å². The van der Waals surface area contributed by atoms with Crippen LogP contribution in [0.5, 0.6) is 0 Å². The number of urea groups is 1. The largest absolute Gasteiger partial charge is 0.454 e. The van der Waals surface area contributed by atoms with Crippen LogP contribution in [0.2, 0.25) is 0 Å². The van der Waals surface area contributed by atoms with E-state index in [1.807, 2.05) is 10.3 Å². The molecule has 1 atom stereocenters. The smallest absolute Gasteiger partial charge is 0.318 e. The SMILES string of the molecule is CNC(=O)c1ccc(CNC(=O)N2CCCC[C@H]2c2nccs2)o1. The number of likely N-dealkylation sites (tertiary alicyclic amines) is 1. The van der Waals surface area contributed by atoms with Crippen LogP contribution in [-0.4, -0.2) is 35.4 Å². The van der Waals surface area contributed by atoms with Crippen LogP contribution in [-0.2, 0) is 6.54 Å². The van der Waals surface area contributed by atoms with E-state index in [4.69, 9.17) is 4.42 Å². The topological polar surface area (TPSA) is 87.5 Å². The molecule has 0 spiro atoms. The molecule has 24 heavy (non-hydrogen) atoms. The zero-order valence-electron chi connectivity index (χ0n) is 13.4. The summed E-state index contributed by atoms with van der Waals surface area (Å²) in [6.45, 7) is 0.967.